The minimum Gasteiger partial charge on any atom is -0.378 e. The van der Waals surface area contributed by atoms with Gasteiger partial charge in [-0.3, -0.25) is 0 Å². The Bertz CT molecular complexity index is 663. The van der Waals surface area contributed by atoms with Crippen molar-refractivity contribution in [3.05, 3.63) is 59.7 Å². The summed E-state index contributed by atoms with van der Waals surface area (Å²) in [5, 5.41) is 0. The molecule has 0 atom stereocenters. The molecule has 2 aromatic rings. The molecular formula is C20H20N2. The summed E-state index contributed by atoms with van der Waals surface area (Å²) >= 11 is 0. The standard InChI is InChI=1S/C20H20N2/c1-21(2)19-13-9-17(10-14-19)7-5-6-8-18-11-15-20(16-12-18)22(3)4/h9-16H,1-4H3. The second-order valence-electron chi connectivity index (χ2n) is 5.38. The Morgan fingerprint density at radius 2 is 0.864 bits per heavy atom. The van der Waals surface area contributed by atoms with E-state index < -0.39 is 0 Å². The van der Waals surface area contributed by atoms with Crippen LogP contribution in [0.25, 0.3) is 0 Å². The fraction of sp³-hybridized carbons (Fsp3) is 0.200. The molecule has 2 aromatic carbocycles. The Balaban J connectivity index is 2.04. The molecule has 0 spiro atoms. The lowest BCUT2D eigenvalue weighted by Crippen LogP contribution is -2.07. The molecule has 110 valence electrons. The molecule has 0 N–H and O–H groups in total. The predicted octanol–water partition coefficient (Wildman–Crippen LogP) is 3.22. The Morgan fingerprint density at radius 3 is 1.14 bits per heavy atom. The van der Waals surface area contributed by atoms with E-state index in [0.29, 0.717) is 0 Å². The third kappa shape index (κ3) is 4.33. The van der Waals surface area contributed by atoms with Crippen LogP contribution in [0.2, 0.25) is 0 Å². The molecule has 0 aliphatic heterocycles. The van der Waals surface area contributed by atoms with Crippen LogP contribution < -0.4 is 9.80 Å². The molecule has 0 unspecified atom stereocenters. The lowest BCUT2D eigenvalue weighted by molar-refractivity contribution is 1.13. The lowest BCUT2D eigenvalue weighted by atomic mass is 10.2. The SMILES string of the molecule is CN(C)c1ccc(C#CC#Cc2ccc(N(C)C)cc2)cc1. The first-order valence-electron chi connectivity index (χ1n) is 7.13. The minimum atomic E-state index is 0.975. The van der Waals surface area contributed by atoms with Gasteiger partial charge in [0.2, 0.25) is 0 Å². The topological polar surface area (TPSA) is 6.48 Å². The highest BCUT2D eigenvalue weighted by Crippen LogP contribution is 2.12. The number of hydrogen-bond donors (Lipinski definition) is 0. The first-order valence-corrected chi connectivity index (χ1v) is 7.13. The monoisotopic (exact) mass is 288 g/mol. The maximum absolute atomic E-state index is 3.06. The van der Waals surface area contributed by atoms with Crippen LogP contribution in [0.5, 0.6) is 0 Å². The van der Waals surface area contributed by atoms with Gasteiger partial charge in [0.05, 0.1) is 0 Å². The van der Waals surface area contributed by atoms with Crippen molar-refractivity contribution in [1.29, 1.82) is 0 Å². The van der Waals surface area contributed by atoms with Crippen LogP contribution in [0.4, 0.5) is 11.4 Å². The van der Waals surface area contributed by atoms with Gasteiger partial charge < -0.3 is 9.80 Å². The summed E-state index contributed by atoms with van der Waals surface area (Å²) in [4.78, 5) is 4.13. The fourth-order valence-corrected chi connectivity index (χ4v) is 1.89. The second kappa shape index (κ2) is 7.25. The molecule has 0 saturated carbocycles. The molecule has 22 heavy (non-hydrogen) atoms. The van der Waals surface area contributed by atoms with E-state index in [-0.39, 0.29) is 0 Å². The van der Waals surface area contributed by atoms with Gasteiger partial charge in [-0.25, -0.2) is 0 Å². The number of benzene rings is 2. The Hall–Kier alpha value is -2.84. The molecular weight excluding hydrogens is 268 g/mol. The van der Waals surface area contributed by atoms with Crippen LogP contribution in [0.1, 0.15) is 11.1 Å². The Labute approximate surface area is 133 Å². The van der Waals surface area contributed by atoms with Crippen LogP contribution in [-0.2, 0) is 0 Å². The van der Waals surface area contributed by atoms with E-state index in [1.807, 2.05) is 52.5 Å². The van der Waals surface area contributed by atoms with Crippen molar-refractivity contribution >= 4 is 11.4 Å². The van der Waals surface area contributed by atoms with Crippen molar-refractivity contribution in [2.24, 2.45) is 0 Å². The summed E-state index contributed by atoms with van der Waals surface area (Å²) in [6, 6.07) is 16.3. The van der Waals surface area contributed by atoms with E-state index in [2.05, 4.69) is 57.7 Å². The zero-order chi connectivity index (χ0) is 15.9. The summed E-state index contributed by atoms with van der Waals surface area (Å²) in [5.74, 6) is 11.9. The fourth-order valence-electron chi connectivity index (χ4n) is 1.89. The first kappa shape index (κ1) is 15.5. The molecule has 0 amide bonds. The smallest absolute Gasteiger partial charge is 0.0361 e. The number of anilines is 2. The predicted molar refractivity (Wildman–Crippen MR) is 95.3 cm³/mol. The molecule has 0 saturated heterocycles. The van der Waals surface area contributed by atoms with Gasteiger partial charge in [-0.2, -0.15) is 0 Å². The molecule has 0 fully saturated rings. The summed E-state index contributed by atoms with van der Waals surface area (Å²) in [7, 11) is 8.09. The molecule has 0 aliphatic carbocycles. The first-order chi connectivity index (χ1) is 10.6. The molecule has 0 bridgehead atoms. The minimum absolute atomic E-state index is 0.975. The highest BCUT2D eigenvalue weighted by atomic mass is 15.1. The van der Waals surface area contributed by atoms with Gasteiger partial charge in [0.15, 0.2) is 0 Å². The molecule has 0 aliphatic rings. The van der Waals surface area contributed by atoms with Crippen molar-refractivity contribution in [3.63, 3.8) is 0 Å². The molecule has 0 heterocycles. The maximum Gasteiger partial charge on any atom is 0.0361 e. The second-order valence-corrected chi connectivity index (χ2v) is 5.38. The maximum atomic E-state index is 3.06. The van der Waals surface area contributed by atoms with Gasteiger partial charge in [-0.05, 0) is 60.4 Å². The van der Waals surface area contributed by atoms with Gasteiger partial charge in [0, 0.05) is 50.7 Å². The Kier molecular flexibility index (Phi) is 5.12. The van der Waals surface area contributed by atoms with Crippen molar-refractivity contribution in [2.45, 2.75) is 0 Å². The van der Waals surface area contributed by atoms with Crippen molar-refractivity contribution < 1.29 is 0 Å². The van der Waals surface area contributed by atoms with Gasteiger partial charge >= 0.3 is 0 Å². The Morgan fingerprint density at radius 1 is 0.545 bits per heavy atom. The van der Waals surface area contributed by atoms with E-state index in [0.717, 1.165) is 22.5 Å². The van der Waals surface area contributed by atoms with Gasteiger partial charge in [0.1, 0.15) is 0 Å². The molecule has 2 heteroatoms. The largest absolute Gasteiger partial charge is 0.378 e. The quantitative estimate of drug-likeness (QED) is 0.783. The highest BCUT2D eigenvalue weighted by molar-refractivity contribution is 5.52. The third-order valence-corrected chi connectivity index (χ3v) is 3.24. The number of rotatable bonds is 2. The third-order valence-electron chi connectivity index (χ3n) is 3.24. The van der Waals surface area contributed by atoms with Gasteiger partial charge in [-0.15, -0.1) is 0 Å². The van der Waals surface area contributed by atoms with Crippen molar-refractivity contribution in [3.8, 4) is 23.7 Å². The van der Waals surface area contributed by atoms with Gasteiger partial charge in [0.25, 0.3) is 0 Å². The number of nitrogens with zero attached hydrogens (tertiary/aromatic N) is 2. The zero-order valence-corrected chi connectivity index (χ0v) is 13.5. The van der Waals surface area contributed by atoms with E-state index in [1.165, 1.54) is 0 Å². The van der Waals surface area contributed by atoms with Crippen molar-refractivity contribution in [1.82, 2.24) is 0 Å². The summed E-state index contributed by atoms with van der Waals surface area (Å²) < 4.78 is 0. The normalized spacial score (nSPS) is 9.09. The van der Waals surface area contributed by atoms with Crippen LogP contribution in [0.15, 0.2) is 48.5 Å². The summed E-state index contributed by atoms with van der Waals surface area (Å²) in [5.41, 5.74) is 4.28. The van der Waals surface area contributed by atoms with E-state index >= 15 is 0 Å². The molecule has 0 radical (unpaired) electrons. The zero-order valence-electron chi connectivity index (χ0n) is 13.5. The average Bonchev–Trinajstić information content (AvgIpc) is 2.52. The van der Waals surface area contributed by atoms with Gasteiger partial charge in [-0.1, -0.05) is 11.8 Å². The summed E-state index contributed by atoms with van der Waals surface area (Å²) in [6.45, 7) is 0. The molecule has 2 nitrogen and oxygen atoms in total. The van der Waals surface area contributed by atoms with Crippen LogP contribution in [0.3, 0.4) is 0 Å². The van der Waals surface area contributed by atoms with Crippen LogP contribution in [-0.4, -0.2) is 28.2 Å². The highest BCUT2D eigenvalue weighted by Gasteiger charge is 1.94. The van der Waals surface area contributed by atoms with E-state index in [1.54, 1.807) is 0 Å². The lowest BCUT2D eigenvalue weighted by Gasteiger charge is -2.11. The van der Waals surface area contributed by atoms with E-state index in [4.69, 9.17) is 0 Å². The summed E-state index contributed by atoms with van der Waals surface area (Å²) in [6.07, 6.45) is 0. The van der Waals surface area contributed by atoms with Crippen molar-refractivity contribution in [2.75, 3.05) is 38.0 Å². The van der Waals surface area contributed by atoms with Crippen LogP contribution in [0, 0.1) is 23.7 Å². The molecule has 0 aromatic heterocycles. The van der Waals surface area contributed by atoms with E-state index in [9.17, 15) is 0 Å². The number of hydrogen-bond acceptors (Lipinski definition) is 2. The van der Waals surface area contributed by atoms with Crippen LogP contribution >= 0.6 is 0 Å². The molecule has 2 rings (SSSR count). The average molecular weight is 288 g/mol.